The fourth-order valence-electron chi connectivity index (χ4n) is 3.42. The molecule has 29 heavy (non-hydrogen) atoms. The summed E-state index contributed by atoms with van der Waals surface area (Å²) in [6, 6.07) is 15.1. The van der Waals surface area contributed by atoms with Crippen molar-refractivity contribution in [1.82, 2.24) is 3.97 Å². The number of nitrogens with zero attached hydrogens (tertiary/aromatic N) is 1. The highest BCUT2D eigenvalue weighted by Crippen LogP contribution is 2.35. The second-order valence-electron chi connectivity index (χ2n) is 6.81. The van der Waals surface area contributed by atoms with E-state index in [1.165, 1.54) is 36.4 Å². The van der Waals surface area contributed by atoms with Crippen LogP contribution < -0.4 is 5.32 Å². The van der Waals surface area contributed by atoms with Crippen LogP contribution in [0.3, 0.4) is 0 Å². The van der Waals surface area contributed by atoms with Crippen LogP contribution in [0, 0.1) is 0 Å². The molecule has 0 aliphatic heterocycles. The zero-order chi connectivity index (χ0) is 20.6. The Kier molecular flexibility index (Phi) is 4.64. The van der Waals surface area contributed by atoms with Crippen molar-refractivity contribution < 1.29 is 18.3 Å². The molecule has 3 aromatic rings. The van der Waals surface area contributed by atoms with E-state index in [0.29, 0.717) is 10.9 Å². The van der Waals surface area contributed by atoms with Crippen molar-refractivity contribution in [3.8, 4) is 0 Å². The van der Waals surface area contributed by atoms with Crippen LogP contribution >= 0.6 is 0 Å². The van der Waals surface area contributed by atoms with Crippen molar-refractivity contribution in [3.05, 3.63) is 84.6 Å². The molecule has 1 aliphatic rings. The van der Waals surface area contributed by atoms with Gasteiger partial charge in [-0.2, -0.15) is 0 Å². The number of anilines is 1. The van der Waals surface area contributed by atoms with Gasteiger partial charge in [-0.15, -0.1) is 0 Å². The van der Waals surface area contributed by atoms with E-state index in [-0.39, 0.29) is 16.4 Å². The summed E-state index contributed by atoms with van der Waals surface area (Å²) in [6.07, 6.45) is 5.09. The average molecular weight is 408 g/mol. The molecule has 0 bridgehead atoms. The van der Waals surface area contributed by atoms with E-state index in [9.17, 15) is 18.3 Å². The predicted molar refractivity (Wildman–Crippen MR) is 112 cm³/mol. The molecule has 148 valence electrons. The van der Waals surface area contributed by atoms with Crippen LogP contribution in [0.4, 0.5) is 5.69 Å². The molecule has 1 heterocycles. The second-order valence-corrected chi connectivity index (χ2v) is 8.59. The van der Waals surface area contributed by atoms with Gasteiger partial charge in [-0.3, -0.25) is 4.79 Å². The summed E-state index contributed by atoms with van der Waals surface area (Å²) in [7, 11) is -4.01. The largest absolute Gasteiger partial charge is 0.385 e. The number of nitrogens with one attached hydrogen (secondary N) is 1. The standard InChI is InChI=1S/C22H20N2O4S/c1-2-23-17-7-9-19(10-8-17)29(27,28)24-20-6-4-3-5-16(20)15-21(24)22(26)13-11-18(25)12-14-22/h3-15,23,26H,2H2,1H3. The molecule has 0 unspecified atom stereocenters. The zero-order valence-electron chi connectivity index (χ0n) is 15.7. The molecule has 0 radical (unpaired) electrons. The van der Waals surface area contributed by atoms with Gasteiger partial charge in [-0.1, -0.05) is 18.2 Å². The van der Waals surface area contributed by atoms with Gasteiger partial charge in [0, 0.05) is 17.6 Å². The monoisotopic (exact) mass is 408 g/mol. The number of benzene rings is 2. The summed E-state index contributed by atoms with van der Waals surface area (Å²) in [5.41, 5.74) is -0.303. The highest BCUT2D eigenvalue weighted by atomic mass is 32.2. The number of ketones is 1. The van der Waals surface area contributed by atoms with Crippen LogP contribution in [-0.4, -0.2) is 29.8 Å². The Balaban J connectivity index is 1.94. The van der Waals surface area contributed by atoms with Gasteiger partial charge in [-0.05, 0) is 67.6 Å². The topological polar surface area (TPSA) is 88.4 Å². The molecule has 0 fully saturated rings. The molecule has 2 aromatic carbocycles. The van der Waals surface area contributed by atoms with E-state index in [0.717, 1.165) is 16.2 Å². The van der Waals surface area contributed by atoms with E-state index < -0.39 is 15.6 Å². The van der Waals surface area contributed by atoms with Crippen molar-refractivity contribution in [1.29, 1.82) is 0 Å². The fourth-order valence-corrected chi connectivity index (χ4v) is 5.00. The molecule has 0 amide bonds. The Morgan fingerprint density at radius 3 is 2.34 bits per heavy atom. The first kappa shape index (κ1) is 19.2. The molecule has 0 spiro atoms. The highest BCUT2D eigenvalue weighted by molar-refractivity contribution is 7.90. The molecule has 0 saturated heterocycles. The number of fused-ring (bicyclic) bond motifs is 1. The van der Waals surface area contributed by atoms with Crippen LogP contribution in [0.25, 0.3) is 10.9 Å². The Morgan fingerprint density at radius 1 is 1.03 bits per heavy atom. The Hall–Kier alpha value is -3.16. The van der Waals surface area contributed by atoms with Crippen molar-refractivity contribution in [2.24, 2.45) is 0 Å². The molecule has 2 N–H and O–H groups in total. The average Bonchev–Trinajstić information content (AvgIpc) is 3.12. The van der Waals surface area contributed by atoms with Crippen molar-refractivity contribution in [2.45, 2.75) is 17.4 Å². The van der Waals surface area contributed by atoms with Crippen LogP contribution in [-0.2, 0) is 20.4 Å². The first-order valence-corrected chi connectivity index (χ1v) is 10.6. The first-order valence-electron chi connectivity index (χ1n) is 9.20. The van der Waals surface area contributed by atoms with Crippen molar-refractivity contribution in [3.63, 3.8) is 0 Å². The third-order valence-electron chi connectivity index (χ3n) is 4.85. The van der Waals surface area contributed by atoms with E-state index in [4.69, 9.17) is 0 Å². The summed E-state index contributed by atoms with van der Waals surface area (Å²) < 4.78 is 28.3. The number of hydrogen-bond donors (Lipinski definition) is 2. The summed E-state index contributed by atoms with van der Waals surface area (Å²) >= 11 is 0. The summed E-state index contributed by atoms with van der Waals surface area (Å²) in [4.78, 5) is 11.6. The number of aromatic nitrogens is 1. The zero-order valence-corrected chi connectivity index (χ0v) is 16.6. The minimum Gasteiger partial charge on any atom is -0.385 e. The normalized spacial score (nSPS) is 15.7. The molecule has 7 heteroatoms. The maximum absolute atomic E-state index is 13.6. The molecule has 4 rings (SSSR count). The maximum Gasteiger partial charge on any atom is 0.268 e. The van der Waals surface area contributed by atoms with Gasteiger partial charge >= 0.3 is 0 Å². The SMILES string of the molecule is CCNc1ccc(S(=O)(=O)n2c(C3(O)C=CC(=O)C=C3)cc3ccccc32)cc1. The van der Waals surface area contributed by atoms with Gasteiger partial charge in [0.05, 0.1) is 16.1 Å². The number of carbonyl (C=O) groups is 1. The summed E-state index contributed by atoms with van der Waals surface area (Å²) in [5, 5.41) is 14.9. The number of rotatable bonds is 5. The number of hydrogen-bond acceptors (Lipinski definition) is 5. The van der Waals surface area contributed by atoms with Crippen molar-refractivity contribution in [2.75, 3.05) is 11.9 Å². The van der Waals surface area contributed by atoms with Gasteiger partial charge in [0.15, 0.2) is 5.78 Å². The van der Waals surface area contributed by atoms with E-state index in [1.807, 2.05) is 6.92 Å². The molecule has 6 nitrogen and oxygen atoms in total. The van der Waals surface area contributed by atoms with Crippen LogP contribution in [0.1, 0.15) is 12.6 Å². The number of aliphatic hydroxyl groups is 1. The van der Waals surface area contributed by atoms with E-state index >= 15 is 0 Å². The highest BCUT2D eigenvalue weighted by Gasteiger charge is 2.34. The van der Waals surface area contributed by atoms with E-state index in [2.05, 4.69) is 5.32 Å². The van der Waals surface area contributed by atoms with Crippen LogP contribution in [0.2, 0.25) is 0 Å². The molecule has 0 atom stereocenters. The van der Waals surface area contributed by atoms with Gasteiger partial charge in [0.1, 0.15) is 5.60 Å². The Morgan fingerprint density at radius 2 is 1.69 bits per heavy atom. The Labute approximate surface area is 168 Å². The van der Waals surface area contributed by atoms with E-state index in [1.54, 1.807) is 42.5 Å². The van der Waals surface area contributed by atoms with Gasteiger partial charge in [-0.25, -0.2) is 12.4 Å². The first-order chi connectivity index (χ1) is 13.8. The summed E-state index contributed by atoms with van der Waals surface area (Å²) in [6.45, 7) is 2.68. The quantitative estimate of drug-likeness (QED) is 0.677. The molecule has 1 aliphatic carbocycles. The smallest absolute Gasteiger partial charge is 0.268 e. The Bertz CT molecular complexity index is 1240. The van der Waals surface area contributed by atoms with Gasteiger partial charge in [0.2, 0.25) is 0 Å². The minimum atomic E-state index is -4.01. The number of carbonyl (C=O) groups excluding carboxylic acids is 1. The maximum atomic E-state index is 13.6. The molecular weight excluding hydrogens is 388 g/mol. The third kappa shape index (κ3) is 3.28. The number of allylic oxidation sites excluding steroid dienone is 2. The third-order valence-corrected chi connectivity index (χ3v) is 6.60. The van der Waals surface area contributed by atoms with Crippen LogP contribution in [0.5, 0.6) is 0 Å². The lowest BCUT2D eigenvalue weighted by atomic mass is 9.94. The predicted octanol–water partition coefficient (Wildman–Crippen LogP) is 3.19. The minimum absolute atomic E-state index is 0.102. The van der Waals surface area contributed by atoms with Crippen molar-refractivity contribution >= 4 is 32.4 Å². The van der Waals surface area contributed by atoms with Crippen LogP contribution in [0.15, 0.2) is 83.8 Å². The molecule has 0 saturated carbocycles. The molecular formula is C22H20N2O4S. The van der Waals surface area contributed by atoms with Gasteiger partial charge < -0.3 is 10.4 Å². The molecule has 1 aromatic heterocycles. The number of para-hydroxylation sites is 1. The second kappa shape index (κ2) is 7.02. The summed E-state index contributed by atoms with van der Waals surface area (Å²) in [5.74, 6) is -0.265. The fraction of sp³-hybridized carbons (Fsp3) is 0.136. The lowest BCUT2D eigenvalue weighted by Gasteiger charge is -2.25. The lowest BCUT2D eigenvalue weighted by molar-refractivity contribution is -0.110. The van der Waals surface area contributed by atoms with Gasteiger partial charge in [0.25, 0.3) is 10.0 Å². The lowest BCUT2D eigenvalue weighted by Crippen LogP contribution is -2.29.